The maximum atomic E-state index is 13.2. The Kier molecular flexibility index (Phi) is 7.16. The number of rotatable bonds is 7. The first-order valence-electron chi connectivity index (χ1n) is 8.67. The zero-order valence-corrected chi connectivity index (χ0v) is 16.3. The predicted molar refractivity (Wildman–Crippen MR) is 95.4 cm³/mol. The third-order valence-corrected chi connectivity index (χ3v) is 4.18. The molecule has 8 nitrogen and oxygen atoms in total. The minimum Gasteiger partial charge on any atom is -0.383 e. The number of ether oxygens (including phenoxy) is 1. The second-order valence-electron chi connectivity index (χ2n) is 6.63. The molecule has 2 amide bonds. The van der Waals surface area contributed by atoms with Gasteiger partial charge in [0, 0.05) is 14.2 Å². The van der Waals surface area contributed by atoms with Crippen LogP contribution in [0, 0.1) is 0 Å². The van der Waals surface area contributed by atoms with Gasteiger partial charge >= 0.3 is 12.4 Å². The largest absolute Gasteiger partial charge is 0.418 e. The highest BCUT2D eigenvalue weighted by Gasteiger charge is 2.39. The Hall–Kier alpha value is -2.87. The number of carbonyl (C=O) groups is 2. The number of aromatic nitrogens is 2. The molecule has 2 aromatic rings. The van der Waals surface area contributed by atoms with Crippen molar-refractivity contribution in [2.45, 2.75) is 24.9 Å². The van der Waals surface area contributed by atoms with Gasteiger partial charge in [0.25, 0.3) is 0 Å². The summed E-state index contributed by atoms with van der Waals surface area (Å²) in [5.41, 5.74) is 1.29. The van der Waals surface area contributed by atoms with Crippen LogP contribution in [0.25, 0.3) is 11.0 Å². The maximum Gasteiger partial charge on any atom is 0.418 e. The molecule has 0 spiro atoms. The number of nitrogens with zero attached hydrogens (tertiary/aromatic N) is 2. The summed E-state index contributed by atoms with van der Waals surface area (Å²) in [6.07, 6.45) is -10.1. The Morgan fingerprint density at radius 2 is 1.87 bits per heavy atom. The molecule has 0 saturated carbocycles. The zero-order valence-electron chi connectivity index (χ0n) is 16.3. The molecule has 0 aliphatic heterocycles. The van der Waals surface area contributed by atoms with E-state index in [1.54, 1.807) is 0 Å². The average molecular weight is 455 g/mol. The Morgan fingerprint density at radius 1 is 1.23 bits per heavy atom. The van der Waals surface area contributed by atoms with E-state index in [4.69, 9.17) is 10.5 Å². The number of alkyl halides is 6. The van der Waals surface area contributed by atoms with Gasteiger partial charge < -0.3 is 25.7 Å². The number of H-pyrrole nitrogens is 1. The van der Waals surface area contributed by atoms with Crippen LogP contribution in [0.15, 0.2) is 12.1 Å². The van der Waals surface area contributed by atoms with Crippen LogP contribution in [0.1, 0.15) is 17.0 Å². The molecule has 0 bridgehead atoms. The van der Waals surface area contributed by atoms with Gasteiger partial charge in [-0.1, -0.05) is 0 Å². The highest BCUT2D eigenvalue weighted by Crippen LogP contribution is 2.39. The normalized spacial score (nSPS) is 13.3. The number of hydrogen-bond acceptors (Lipinski definition) is 5. The Bertz CT molecular complexity index is 956. The van der Waals surface area contributed by atoms with E-state index in [1.807, 2.05) is 0 Å². The number of nitrogens with one attached hydrogen (secondary N) is 2. The van der Waals surface area contributed by atoms with Crippen molar-refractivity contribution < 1.29 is 40.7 Å². The molecular formula is C17H19F6N5O3. The molecule has 0 aliphatic carbocycles. The van der Waals surface area contributed by atoms with Crippen LogP contribution >= 0.6 is 0 Å². The second-order valence-corrected chi connectivity index (χ2v) is 6.63. The molecule has 2 rings (SSSR count). The van der Waals surface area contributed by atoms with E-state index >= 15 is 0 Å². The lowest BCUT2D eigenvalue weighted by Crippen LogP contribution is -2.47. The Morgan fingerprint density at radius 3 is 2.42 bits per heavy atom. The van der Waals surface area contributed by atoms with Crippen molar-refractivity contribution in [1.82, 2.24) is 20.2 Å². The van der Waals surface area contributed by atoms with E-state index in [9.17, 15) is 35.9 Å². The smallest absolute Gasteiger partial charge is 0.383 e. The molecule has 1 unspecified atom stereocenters. The van der Waals surface area contributed by atoms with Crippen molar-refractivity contribution in [1.29, 1.82) is 0 Å². The molecule has 0 radical (unpaired) electrons. The third kappa shape index (κ3) is 6.07. The van der Waals surface area contributed by atoms with Crippen molar-refractivity contribution >= 4 is 22.8 Å². The van der Waals surface area contributed by atoms with Gasteiger partial charge in [-0.25, -0.2) is 4.98 Å². The summed E-state index contributed by atoms with van der Waals surface area (Å²) in [6.45, 7) is -0.874. The van der Waals surface area contributed by atoms with Crippen LogP contribution < -0.4 is 11.1 Å². The van der Waals surface area contributed by atoms with E-state index in [0.717, 1.165) is 4.90 Å². The lowest BCUT2D eigenvalue weighted by atomic mass is 10.1. The zero-order chi connectivity index (χ0) is 23.6. The van der Waals surface area contributed by atoms with Crippen molar-refractivity contribution in [2.75, 3.05) is 27.3 Å². The lowest BCUT2D eigenvalue weighted by molar-refractivity contribution is -0.142. The van der Waals surface area contributed by atoms with Gasteiger partial charge in [0.1, 0.15) is 17.4 Å². The summed E-state index contributed by atoms with van der Waals surface area (Å²) in [4.78, 5) is 30.9. The summed E-state index contributed by atoms with van der Waals surface area (Å²) in [5.74, 6) is -1.45. The van der Waals surface area contributed by atoms with Gasteiger partial charge in [-0.3, -0.25) is 9.59 Å². The van der Waals surface area contributed by atoms with Crippen LogP contribution in [-0.2, 0) is 33.2 Å². The maximum absolute atomic E-state index is 13.2. The lowest BCUT2D eigenvalue weighted by Gasteiger charge is -2.17. The summed E-state index contributed by atoms with van der Waals surface area (Å²) >= 11 is 0. The molecule has 172 valence electrons. The first-order valence-corrected chi connectivity index (χ1v) is 8.67. The van der Waals surface area contributed by atoms with Crippen molar-refractivity contribution in [3.8, 4) is 0 Å². The molecule has 31 heavy (non-hydrogen) atoms. The standard InChI is InChI=1S/C17H19F6N5O3/c1-28(13(29)5-25-15(30)10(24)7-31-2)6-12-26-11-4-8(16(18,19)20)3-9(14(11)27-12)17(21,22)23/h3-4,10H,5-7,24H2,1-2H3,(H,25,30)(H,26,27). The summed E-state index contributed by atoms with van der Waals surface area (Å²) in [6, 6.07) is -0.497. The van der Waals surface area contributed by atoms with Crippen molar-refractivity contribution in [3.05, 3.63) is 29.1 Å². The molecule has 0 aliphatic rings. The van der Waals surface area contributed by atoms with Gasteiger partial charge in [-0.05, 0) is 12.1 Å². The number of nitrogens with two attached hydrogens (primary N) is 1. The van der Waals surface area contributed by atoms with E-state index in [1.165, 1.54) is 14.2 Å². The fourth-order valence-electron chi connectivity index (χ4n) is 2.62. The topological polar surface area (TPSA) is 113 Å². The fourth-order valence-corrected chi connectivity index (χ4v) is 2.62. The Balaban J connectivity index is 2.20. The highest BCUT2D eigenvalue weighted by molar-refractivity contribution is 5.87. The Labute approximate surface area is 171 Å². The summed E-state index contributed by atoms with van der Waals surface area (Å²) in [7, 11) is 2.61. The van der Waals surface area contributed by atoms with Crippen molar-refractivity contribution in [2.24, 2.45) is 5.73 Å². The summed E-state index contributed by atoms with van der Waals surface area (Å²) in [5, 5.41) is 2.27. The number of amides is 2. The molecular weight excluding hydrogens is 436 g/mol. The number of aromatic amines is 1. The van der Waals surface area contributed by atoms with E-state index in [0.29, 0.717) is 6.07 Å². The van der Waals surface area contributed by atoms with E-state index in [2.05, 4.69) is 15.3 Å². The van der Waals surface area contributed by atoms with Crippen LogP contribution in [0.2, 0.25) is 0 Å². The third-order valence-electron chi connectivity index (χ3n) is 4.18. The van der Waals surface area contributed by atoms with E-state index in [-0.39, 0.29) is 25.0 Å². The first kappa shape index (κ1) is 24.4. The van der Waals surface area contributed by atoms with Crippen LogP contribution in [-0.4, -0.2) is 60.0 Å². The van der Waals surface area contributed by atoms with E-state index < -0.39 is 58.9 Å². The van der Waals surface area contributed by atoms with Gasteiger partial charge in [0.2, 0.25) is 11.8 Å². The molecule has 1 aromatic carbocycles. The minimum absolute atomic E-state index is 0.0133. The highest BCUT2D eigenvalue weighted by atomic mass is 19.4. The first-order chi connectivity index (χ1) is 14.2. The monoisotopic (exact) mass is 455 g/mol. The molecule has 0 fully saturated rings. The number of carbonyl (C=O) groups excluding carboxylic acids is 2. The molecule has 0 saturated heterocycles. The number of fused-ring (bicyclic) bond motifs is 1. The van der Waals surface area contributed by atoms with Crippen LogP contribution in [0.3, 0.4) is 0 Å². The molecule has 1 heterocycles. The number of imidazole rings is 1. The predicted octanol–water partition coefficient (Wildman–Crippen LogP) is 1.65. The SMILES string of the molecule is COCC(N)C(=O)NCC(=O)N(C)Cc1nc2c(C(F)(F)F)cc(C(F)(F)F)cc2[nH]1. The van der Waals surface area contributed by atoms with Gasteiger partial charge in [0.15, 0.2) is 0 Å². The molecule has 1 aromatic heterocycles. The molecule has 1 atom stereocenters. The number of methoxy groups -OCH3 is 1. The number of halogens is 6. The van der Waals surface area contributed by atoms with Crippen LogP contribution in [0.5, 0.6) is 0 Å². The number of likely N-dealkylation sites (N-methyl/N-ethyl adjacent to an activating group) is 1. The van der Waals surface area contributed by atoms with Gasteiger partial charge in [0.05, 0.1) is 36.3 Å². The number of hydrogen-bond donors (Lipinski definition) is 3. The second kappa shape index (κ2) is 9.09. The fraction of sp³-hybridized carbons (Fsp3) is 0.471. The minimum atomic E-state index is -5.07. The average Bonchev–Trinajstić information content (AvgIpc) is 3.05. The number of benzene rings is 1. The summed E-state index contributed by atoms with van der Waals surface area (Å²) < 4.78 is 83.3. The van der Waals surface area contributed by atoms with Gasteiger partial charge in [-0.2, -0.15) is 26.3 Å². The van der Waals surface area contributed by atoms with Gasteiger partial charge in [-0.15, -0.1) is 0 Å². The molecule has 14 heteroatoms. The molecule has 4 N–H and O–H groups in total. The quantitative estimate of drug-likeness (QED) is 0.550. The van der Waals surface area contributed by atoms with Crippen LogP contribution in [0.4, 0.5) is 26.3 Å². The van der Waals surface area contributed by atoms with Crippen molar-refractivity contribution in [3.63, 3.8) is 0 Å².